The lowest BCUT2D eigenvalue weighted by Crippen LogP contribution is -2.13. The van der Waals surface area contributed by atoms with Crippen LogP contribution in [0, 0.1) is 10.1 Å². The molecule has 0 radical (unpaired) electrons. The molecule has 0 bridgehead atoms. The van der Waals surface area contributed by atoms with Crippen LogP contribution in [-0.4, -0.2) is 16.0 Å². The largest absolute Gasteiger partial charge is 0.363 e. The molecule has 2 aromatic rings. The van der Waals surface area contributed by atoms with Gasteiger partial charge in [-0.25, -0.2) is 0 Å². The molecular weight excluding hydrogens is 306 g/mol. The molecule has 0 unspecified atom stereocenters. The van der Waals surface area contributed by atoms with Crippen molar-refractivity contribution in [2.75, 3.05) is 5.32 Å². The summed E-state index contributed by atoms with van der Waals surface area (Å²) in [4.78, 5) is 21.9. The number of nitro benzene ring substituents is 1. The van der Waals surface area contributed by atoms with Gasteiger partial charge in [0.25, 0.3) is 11.6 Å². The summed E-state index contributed by atoms with van der Waals surface area (Å²) in [5.74, 6) is -0.280. The zero-order valence-electron chi connectivity index (χ0n) is 8.79. The number of hydrogen-bond acceptors (Lipinski definition) is 5. The van der Waals surface area contributed by atoms with E-state index in [9.17, 15) is 14.9 Å². The van der Waals surface area contributed by atoms with Crippen molar-refractivity contribution >= 4 is 33.3 Å². The zero-order valence-corrected chi connectivity index (χ0v) is 10.4. The van der Waals surface area contributed by atoms with Crippen LogP contribution in [0.3, 0.4) is 0 Å². The van der Waals surface area contributed by atoms with E-state index in [2.05, 4.69) is 30.9 Å². The molecule has 1 aromatic carbocycles. The molecule has 2 rings (SSSR count). The number of amides is 1. The Morgan fingerprint density at radius 1 is 1.44 bits per heavy atom. The number of nitrogens with zero attached hydrogens (tertiary/aromatic N) is 2. The summed E-state index contributed by atoms with van der Waals surface area (Å²) >= 11 is 3.16. The van der Waals surface area contributed by atoms with Crippen LogP contribution in [-0.2, 0) is 0 Å². The molecule has 1 aromatic heterocycles. The minimum absolute atomic E-state index is 0.146. The van der Waals surface area contributed by atoms with Crippen molar-refractivity contribution in [3.8, 4) is 0 Å². The van der Waals surface area contributed by atoms with Gasteiger partial charge in [0.1, 0.15) is 6.26 Å². The van der Waals surface area contributed by atoms with Gasteiger partial charge in [0.2, 0.25) is 0 Å². The van der Waals surface area contributed by atoms with Crippen molar-refractivity contribution < 1.29 is 14.2 Å². The number of carbonyl (C=O) groups excluding carboxylic acids is 1. The average Bonchev–Trinajstić information content (AvgIpc) is 2.81. The fourth-order valence-corrected chi connectivity index (χ4v) is 1.69. The third-order valence-electron chi connectivity index (χ3n) is 2.08. The number of halogens is 1. The predicted octanol–water partition coefficient (Wildman–Crippen LogP) is 2.60. The molecule has 18 heavy (non-hydrogen) atoms. The second-order valence-corrected chi connectivity index (χ2v) is 4.11. The Bertz CT molecular complexity index is 597. The summed E-state index contributed by atoms with van der Waals surface area (Å²) in [5, 5.41) is 16.6. The first kappa shape index (κ1) is 12.2. The van der Waals surface area contributed by atoms with E-state index in [1.165, 1.54) is 30.5 Å². The maximum atomic E-state index is 11.9. The Kier molecular flexibility index (Phi) is 3.38. The van der Waals surface area contributed by atoms with Gasteiger partial charge in [-0.05, 0) is 22.0 Å². The lowest BCUT2D eigenvalue weighted by Gasteiger charge is -2.03. The molecule has 0 atom stereocenters. The van der Waals surface area contributed by atoms with E-state index in [0.29, 0.717) is 4.47 Å². The number of rotatable bonds is 3. The first-order valence-corrected chi connectivity index (χ1v) is 5.53. The Morgan fingerprint density at radius 2 is 2.22 bits per heavy atom. The van der Waals surface area contributed by atoms with Crippen LogP contribution in [0.25, 0.3) is 0 Å². The van der Waals surface area contributed by atoms with Gasteiger partial charge in [0, 0.05) is 22.7 Å². The van der Waals surface area contributed by atoms with Crippen molar-refractivity contribution in [2.24, 2.45) is 0 Å². The predicted molar refractivity (Wildman–Crippen MR) is 65.3 cm³/mol. The molecule has 0 spiro atoms. The molecule has 0 saturated carbocycles. The standard InChI is InChI=1S/C10H6BrN3O4/c11-8-2-1-6(14(16)17)5-7(8)10(15)12-9-3-4-18-13-9/h1-5H,(H,12,13,15). The fraction of sp³-hybridized carbons (Fsp3) is 0. The Labute approximate surface area is 109 Å². The van der Waals surface area contributed by atoms with Crippen LogP contribution in [0.4, 0.5) is 11.5 Å². The molecule has 0 aliphatic heterocycles. The smallest absolute Gasteiger partial charge is 0.270 e. The number of nitro groups is 1. The highest BCUT2D eigenvalue weighted by atomic mass is 79.9. The summed E-state index contributed by atoms with van der Waals surface area (Å²) in [5.41, 5.74) is -0.0179. The van der Waals surface area contributed by atoms with Crippen LogP contribution in [0.2, 0.25) is 0 Å². The van der Waals surface area contributed by atoms with Crippen molar-refractivity contribution in [3.63, 3.8) is 0 Å². The molecule has 0 aliphatic rings. The van der Waals surface area contributed by atoms with E-state index in [-0.39, 0.29) is 17.1 Å². The number of aromatic nitrogens is 1. The maximum absolute atomic E-state index is 11.9. The zero-order chi connectivity index (χ0) is 13.1. The first-order valence-electron chi connectivity index (χ1n) is 4.73. The van der Waals surface area contributed by atoms with E-state index in [1.807, 2.05) is 0 Å². The Morgan fingerprint density at radius 3 is 2.83 bits per heavy atom. The minimum atomic E-state index is -0.570. The van der Waals surface area contributed by atoms with Gasteiger partial charge >= 0.3 is 0 Å². The van der Waals surface area contributed by atoms with E-state index < -0.39 is 10.8 Å². The number of carbonyl (C=O) groups is 1. The molecule has 7 nitrogen and oxygen atoms in total. The topological polar surface area (TPSA) is 98.3 Å². The molecular formula is C10H6BrN3O4. The summed E-state index contributed by atoms with van der Waals surface area (Å²) in [6, 6.07) is 5.38. The lowest BCUT2D eigenvalue weighted by molar-refractivity contribution is -0.384. The highest BCUT2D eigenvalue weighted by molar-refractivity contribution is 9.10. The molecule has 1 heterocycles. The van der Waals surface area contributed by atoms with E-state index in [1.54, 1.807) is 0 Å². The van der Waals surface area contributed by atoms with Gasteiger partial charge < -0.3 is 9.84 Å². The molecule has 8 heteroatoms. The van der Waals surface area contributed by atoms with Gasteiger partial charge in [-0.1, -0.05) is 5.16 Å². The van der Waals surface area contributed by atoms with Crippen LogP contribution < -0.4 is 5.32 Å². The van der Waals surface area contributed by atoms with E-state index in [4.69, 9.17) is 0 Å². The van der Waals surface area contributed by atoms with Gasteiger partial charge in [0.15, 0.2) is 5.82 Å². The maximum Gasteiger partial charge on any atom is 0.270 e. The van der Waals surface area contributed by atoms with Gasteiger partial charge in [-0.15, -0.1) is 0 Å². The highest BCUT2D eigenvalue weighted by Crippen LogP contribution is 2.23. The molecule has 0 aliphatic carbocycles. The quantitative estimate of drug-likeness (QED) is 0.694. The molecule has 0 saturated heterocycles. The Balaban J connectivity index is 2.29. The summed E-state index contributed by atoms with van der Waals surface area (Å²) in [6.07, 6.45) is 1.30. The minimum Gasteiger partial charge on any atom is -0.363 e. The van der Waals surface area contributed by atoms with Gasteiger partial charge in [0.05, 0.1) is 10.5 Å². The second kappa shape index (κ2) is 4.96. The number of nitrogens with one attached hydrogen (secondary N) is 1. The van der Waals surface area contributed by atoms with Crippen LogP contribution >= 0.6 is 15.9 Å². The summed E-state index contributed by atoms with van der Waals surface area (Å²) < 4.78 is 5.01. The van der Waals surface area contributed by atoms with E-state index in [0.717, 1.165) is 0 Å². The molecule has 1 amide bonds. The highest BCUT2D eigenvalue weighted by Gasteiger charge is 2.16. The van der Waals surface area contributed by atoms with Gasteiger partial charge in [-0.2, -0.15) is 0 Å². The third-order valence-corrected chi connectivity index (χ3v) is 2.78. The number of non-ortho nitro benzene ring substituents is 1. The summed E-state index contributed by atoms with van der Waals surface area (Å²) in [6.45, 7) is 0. The third kappa shape index (κ3) is 2.54. The van der Waals surface area contributed by atoms with Crippen LogP contribution in [0.5, 0.6) is 0 Å². The lowest BCUT2D eigenvalue weighted by atomic mass is 10.2. The normalized spacial score (nSPS) is 10.1. The molecule has 1 N–H and O–H groups in total. The Hall–Kier alpha value is -2.22. The number of anilines is 1. The second-order valence-electron chi connectivity index (χ2n) is 3.26. The van der Waals surface area contributed by atoms with E-state index >= 15 is 0 Å². The summed E-state index contributed by atoms with van der Waals surface area (Å²) in [7, 11) is 0. The molecule has 0 fully saturated rings. The SMILES string of the molecule is O=C(Nc1ccon1)c1cc([N+](=O)[O-])ccc1Br. The average molecular weight is 312 g/mol. The number of benzene rings is 1. The van der Waals surface area contributed by atoms with Crippen LogP contribution in [0.1, 0.15) is 10.4 Å². The first-order chi connectivity index (χ1) is 8.58. The molecule has 92 valence electrons. The van der Waals surface area contributed by atoms with Crippen molar-refractivity contribution in [1.82, 2.24) is 5.16 Å². The van der Waals surface area contributed by atoms with Crippen LogP contribution in [0.15, 0.2) is 39.5 Å². The fourth-order valence-electron chi connectivity index (χ4n) is 1.26. The van der Waals surface area contributed by atoms with Crippen molar-refractivity contribution in [2.45, 2.75) is 0 Å². The number of hydrogen-bond donors (Lipinski definition) is 1. The van der Waals surface area contributed by atoms with Gasteiger partial charge in [-0.3, -0.25) is 14.9 Å². The monoisotopic (exact) mass is 311 g/mol. The van der Waals surface area contributed by atoms with Crippen molar-refractivity contribution in [3.05, 3.63) is 50.7 Å². The van der Waals surface area contributed by atoms with Crippen molar-refractivity contribution in [1.29, 1.82) is 0 Å².